The summed E-state index contributed by atoms with van der Waals surface area (Å²) in [5.74, 6) is 0.109. The van der Waals surface area contributed by atoms with E-state index in [1.54, 1.807) is 0 Å². The Balaban J connectivity index is 2.36. The van der Waals surface area contributed by atoms with Gasteiger partial charge in [-0.1, -0.05) is 13.3 Å². The number of hydrogen-bond donors (Lipinski definition) is 2. The highest BCUT2D eigenvalue weighted by molar-refractivity contribution is 8.00. The van der Waals surface area contributed by atoms with Crippen molar-refractivity contribution < 1.29 is 4.79 Å². The van der Waals surface area contributed by atoms with Crippen LogP contribution in [0.5, 0.6) is 0 Å². The van der Waals surface area contributed by atoms with Gasteiger partial charge in [0.1, 0.15) is 0 Å². The highest BCUT2D eigenvalue weighted by Crippen LogP contribution is 2.42. The lowest BCUT2D eigenvalue weighted by molar-refractivity contribution is -0.124. The van der Waals surface area contributed by atoms with Crippen LogP contribution in [0, 0.1) is 0 Å². The molecule has 0 bridgehead atoms. The molecule has 0 aromatic rings. The van der Waals surface area contributed by atoms with E-state index < -0.39 is 0 Å². The van der Waals surface area contributed by atoms with Gasteiger partial charge in [0.15, 0.2) is 0 Å². The lowest BCUT2D eigenvalue weighted by atomic mass is 9.84. The number of thioether (sulfide) groups is 1. The van der Waals surface area contributed by atoms with Crippen molar-refractivity contribution in [1.82, 2.24) is 10.6 Å². The fraction of sp³-hybridized carbons (Fsp3) is 0.929. The van der Waals surface area contributed by atoms with Crippen molar-refractivity contribution in [2.75, 3.05) is 12.8 Å². The van der Waals surface area contributed by atoms with Crippen LogP contribution >= 0.6 is 11.8 Å². The Morgan fingerprint density at radius 3 is 2.44 bits per heavy atom. The molecule has 1 unspecified atom stereocenters. The van der Waals surface area contributed by atoms with Gasteiger partial charge >= 0.3 is 0 Å². The predicted octanol–water partition coefficient (Wildman–Crippen LogP) is 2.55. The molecule has 0 heterocycles. The molecular weight excluding hydrogens is 244 g/mol. The van der Waals surface area contributed by atoms with Gasteiger partial charge < -0.3 is 10.6 Å². The molecule has 0 aromatic carbocycles. The summed E-state index contributed by atoms with van der Waals surface area (Å²) in [7, 11) is 0. The van der Waals surface area contributed by atoms with Crippen LogP contribution in [0.15, 0.2) is 0 Å². The van der Waals surface area contributed by atoms with Crippen LogP contribution < -0.4 is 10.6 Å². The number of carbonyl (C=O) groups excluding carboxylic acids is 1. The van der Waals surface area contributed by atoms with E-state index in [1.807, 2.05) is 18.7 Å². The van der Waals surface area contributed by atoms with E-state index >= 15 is 0 Å². The molecular formula is C14H28N2OS. The molecule has 1 amide bonds. The smallest absolute Gasteiger partial charge is 0.237 e. The topological polar surface area (TPSA) is 41.1 Å². The minimum atomic E-state index is -0.111. The molecule has 1 aliphatic carbocycles. The molecule has 1 saturated carbocycles. The van der Waals surface area contributed by atoms with Gasteiger partial charge in [0.25, 0.3) is 0 Å². The number of carbonyl (C=O) groups is 1. The Morgan fingerprint density at radius 1 is 1.44 bits per heavy atom. The fourth-order valence-corrected chi connectivity index (χ4v) is 2.91. The predicted molar refractivity (Wildman–Crippen MR) is 80.1 cm³/mol. The molecule has 0 saturated heterocycles. The lowest BCUT2D eigenvalue weighted by Gasteiger charge is -2.41. The molecule has 1 rings (SSSR count). The molecule has 2 N–H and O–H groups in total. The normalized spacial score (nSPS) is 20.1. The molecule has 0 aliphatic heterocycles. The van der Waals surface area contributed by atoms with Crippen LogP contribution in [-0.4, -0.2) is 35.0 Å². The zero-order valence-corrected chi connectivity index (χ0v) is 13.2. The van der Waals surface area contributed by atoms with Crippen LogP contribution in [0.2, 0.25) is 0 Å². The van der Waals surface area contributed by atoms with Crippen molar-refractivity contribution in [1.29, 1.82) is 0 Å². The summed E-state index contributed by atoms with van der Waals surface area (Å²) < 4.78 is 0.384. The van der Waals surface area contributed by atoms with Crippen LogP contribution in [0.25, 0.3) is 0 Å². The molecule has 1 atom stereocenters. The molecule has 106 valence electrons. The van der Waals surface area contributed by atoms with Crippen molar-refractivity contribution in [3.05, 3.63) is 0 Å². The maximum Gasteiger partial charge on any atom is 0.237 e. The summed E-state index contributed by atoms with van der Waals surface area (Å²) in [5.41, 5.74) is -0.110. The van der Waals surface area contributed by atoms with Crippen molar-refractivity contribution in [2.24, 2.45) is 0 Å². The minimum Gasteiger partial charge on any atom is -0.350 e. The molecule has 0 aromatic heterocycles. The Morgan fingerprint density at radius 2 is 2.06 bits per heavy atom. The maximum atomic E-state index is 12.0. The second kappa shape index (κ2) is 6.29. The first-order valence-corrected chi connectivity index (χ1v) is 8.17. The molecule has 0 radical (unpaired) electrons. The van der Waals surface area contributed by atoms with Crippen molar-refractivity contribution in [2.45, 2.75) is 69.7 Å². The average molecular weight is 272 g/mol. The van der Waals surface area contributed by atoms with Crippen molar-refractivity contribution >= 4 is 17.7 Å². The van der Waals surface area contributed by atoms with Crippen LogP contribution in [0.1, 0.15) is 53.4 Å². The van der Waals surface area contributed by atoms with E-state index in [2.05, 4.69) is 37.7 Å². The molecule has 18 heavy (non-hydrogen) atoms. The lowest BCUT2D eigenvalue weighted by Crippen LogP contribution is -2.54. The monoisotopic (exact) mass is 272 g/mol. The number of nitrogens with one attached hydrogen (secondary N) is 2. The second-order valence-corrected chi connectivity index (χ2v) is 7.34. The zero-order chi connectivity index (χ0) is 13.8. The molecule has 1 aliphatic rings. The number of hydrogen-bond acceptors (Lipinski definition) is 3. The Kier molecular flexibility index (Phi) is 5.53. The maximum absolute atomic E-state index is 12.0. The Labute approximate surface area is 116 Å². The van der Waals surface area contributed by atoms with Gasteiger partial charge in [0, 0.05) is 16.8 Å². The summed E-state index contributed by atoms with van der Waals surface area (Å²) in [5, 5.41) is 6.48. The van der Waals surface area contributed by atoms with Gasteiger partial charge in [0.2, 0.25) is 5.91 Å². The van der Waals surface area contributed by atoms with Gasteiger partial charge in [-0.25, -0.2) is 0 Å². The van der Waals surface area contributed by atoms with Gasteiger partial charge in [-0.2, -0.15) is 11.8 Å². The van der Waals surface area contributed by atoms with E-state index in [0.29, 0.717) is 4.75 Å². The van der Waals surface area contributed by atoms with Gasteiger partial charge in [-0.15, -0.1) is 0 Å². The molecule has 4 heteroatoms. The van der Waals surface area contributed by atoms with Crippen molar-refractivity contribution in [3.63, 3.8) is 0 Å². The van der Waals surface area contributed by atoms with Gasteiger partial charge in [0.05, 0.1) is 6.04 Å². The molecule has 3 nitrogen and oxygen atoms in total. The third-order valence-corrected chi connectivity index (χ3v) is 5.59. The first-order chi connectivity index (χ1) is 8.34. The Hall–Kier alpha value is -0.220. The number of amides is 1. The van der Waals surface area contributed by atoms with Crippen LogP contribution in [-0.2, 0) is 4.79 Å². The highest BCUT2D eigenvalue weighted by atomic mass is 32.2. The van der Waals surface area contributed by atoms with E-state index in [4.69, 9.17) is 0 Å². The summed E-state index contributed by atoms with van der Waals surface area (Å²) >= 11 is 1.94. The fourth-order valence-electron chi connectivity index (χ4n) is 1.99. The minimum absolute atomic E-state index is 0.109. The van der Waals surface area contributed by atoms with Crippen molar-refractivity contribution in [3.8, 4) is 0 Å². The third-order valence-electron chi connectivity index (χ3n) is 4.17. The largest absolute Gasteiger partial charge is 0.350 e. The van der Waals surface area contributed by atoms with E-state index in [0.717, 1.165) is 13.0 Å². The molecule has 1 fully saturated rings. The average Bonchev–Trinajstić information content (AvgIpc) is 2.27. The third kappa shape index (κ3) is 4.16. The van der Waals surface area contributed by atoms with Gasteiger partial charge in [-0.05, 0) is 46.3 Å². The highest BCUT2D eigenvalue weighted by Gasteiger charge is 2.36. The van der Waals surface area contributed by atoms with Crippen LogP contribution in [0.4, 0.5) is 0 Å². The first kappa shape index (κ1) is 15.8. The van der Waals surface area contributed by atoms with Gasteiger partial charge in [-0.3, -0.25) is 4.79 Å². The summed E-state index contributed by atoms with van der Waals surface area (Å²) in [6.07, 6.45) is 6.99. The summed E-state index contributed by atoms with van der Waals surface area (Å²) in [6.45, 7) is 9.11. The van der Waals surface area contributed by atoms with E-state index in [1.165, 1.54) is 19.3 Å². The standard InChI is InChI=1S/C14H28N2OS/c1-6-13(3,4)16-12(17)11(2)15-10-14(18-5)8-7-9-14/h11,15H,6-10H2,1-5H3,(H,16,17). The van der Waals surface area contributed by atoms with E-state index in [-0.39, 0.29) is 17.5 Å². The first-order valence-electron chi connectivity index (χ1n) is 6.95. The molecule has 0 spiro atoms. The van der Waals surface area contributed by atoms with E-state index in [9.17, 15) is 4.79 Å². The summed E-state index contributed by atoms with van der Waals surface area (Å²) in [6, 6.07) is -0.111. The quantitative estimate of drug-likeness (QED) is 0.748. The summed E-state index contributed by atoms with van der Waals surface area (Å²) in [4.78, 5) is 12.0. The second-order valence-electron chi connectivity index (χ2n) is 6.07. The Bertz CT molecular complexity index is 282. The number of rotatable bonds is 7. The van der Waals surface area contributed by atoms with Crippen LogP contribution in [0.3, 0.4) is 0 Å². The SMILES string of the molecule is CCC(C)(C)NC(=O)C(C)NCC1(SC)CCC1. The zero-order valence-electron chi connectivity index (χ0n) is 12.4.